The third-order valence-corrected chi connectivity index (χ3v) is 5.17. The number of nitrogens with zero attached hydrogens (tertiary/aromatic N) is 3. The van der Waals surface area contributed by atoms with E-state index in [4.69, 9.17) is 15.5 Å². The Morgan fingerprint density at radius 2 is 1.91 bits per heavy atom. The lowest BCUT2D eigenvalue weighted by Gasteiger charge is -2.36. The summed E-state index contributed by atoms with van der Waals surface area (Å²) in [7, 11) is 0. The number of hydrogen-bond acceptors (Lipinski definition) is 4. The normalized spacial score (nSPS) is 15.2. The van der Waals surface area contributed by atoms with E-state index in [0.717, 1.165) is 50.8 Å². The first-order chi connectivity index (χ1) is 15.6. The van der Waals surface area contributed by atoms with Crippen molar-refractivity contribution in [2.24, 2.45) is 10.7 Å². The zero-order valence-corrected chi connectivity index (χ0v) is 18.7. The monoisotopic (exact) mass is 435 g/mol. The van der Waals surface area contributed by atoms with Gasteiger partial charge in [0, 0.05) is 39.3 Å². The predicted octanol–water partition coefficient (Wildman–Crippen LogP) is 2.35. The lowest BCUT2D eigenvalue weighted by atomic mass is 10.2. The fourth-order valence-electron chi connectivity index (χ4n) is 3.52. The Bertz CT molecular complexity index is 906. The van der Waals surface area contributed by atoms with Crippen molar-refractivity contribution in [1.82, 2.24) is 15.1 Å². The molecule has 170 valence electrons. The fourth-order valence-corrected chi connectivity index (χ4v) is 3.52. The smallest absolute Gasteiger partial charge is 0.255 e. The van der Waals surface area contributed by atoms with Gasteiger partial charge in [0.15, 0.2) is 12.6 Å². The molecule has 3 N–H and O–H groups in total. The van der Waals surface area contributed by atoms with Crippen molar-refractivity contribution in [1.29, 1.82) is 0 Å². The first-order valence-electron chi connectivity index (χ1n) is 11.1. The van der Waals surface area contributed by atoms with Crippen LogP contribution in [-0.4, -0.2) is 67.5 Å². The van der Waals surface area contributed by atoms with E-state index in [2.05, 4.69) is 58.5 Å². The van der Waals surface area contributed by atoms with Crippen molar-refractivity contribution in [3.8, 4) is 5.75 Å². The zero-order valence-electron chi connectivity index (χ0n) is 18.7. The Morgan fingerprint density at radius 1 is 1.12 bits per heavy atom. The lowest BCUT2D eigenvalue weighted by Crippen LogP contribution is -2.52. The minimum absolute atomic E-state index is 0.125. The van der Waals surface area contributed by atoms with E-state index < -0.39 is 5.91 Å². The number of primary amides is 1. The van der Waals surface area contributed by atoms with Crippen LogP contribution in [-0.2, 0) is 11.3 Å². The van der Waals surface area contributed by atoms with Gasteiger partial charge in [0.2, 0.25) is 0 Å². The number of rotatable bonds is 9. The molecule has 7 heteroatoms. The molecule has 0 aromatic heterocycles. The average molecular weight is 436 g/mol. The van der Waals surface area contributed by atoms with Gasteiger partial charge < -0.3 is 20.7 Å². The van der Waals surface area contributed by atoms with Crippen LogP contribution in [0.25, 0.3) is 6.08 Å². The zero-order chi connectivity index (χ0) is 22.6. The summed E-state index contributed by atoms with van der Waals surface area (Å²) in [5.74, 6) is 1.06. The van der Waals surface area contributed by atoms with Crippen molar-refractivity contribution >= 4 is 17.9 Å². The van der Waals surface area contributed by atoms with Crippen LogP contribution in [0.4, 0.5) is 0 Å². The first-order valence-corrected chi connectivity index (χ1v) is 11.1. The van der Waals surface area contributed by atoms with Gasteiger partial charge in [-0.2, -0.15) is 0 Å². The van der Waals surface area contributed by atoms with Gasteiger partial charge in [-0.05, 0) is 30.2 Å². The molecule has 1 aliphatic heterocycles. The standard InChI is InChI=1S/C25H33N5O2/c1-2-27-25(28-19-22-10-6-12-23(18-22)32-20-24(26)31)30-16-14-29(15-17-30)13-7-11-21-8-4-3-5-9-21/h3-12,18H,2,13-17,19-20H2,1H3,(H2,26,31)(H,27,28)/b11-7+. The molecule has 0 unspecified atom stereocenters. The molecule has 0 saturated carbocycles. The number of aliphatic imine (C=N–C) groups is 1. The molecule has 1 aliphatic rings. The Balaban J connectivity index is 1.51. The van der Waals surface area contributed by atoms with Gasteiger partial charge in [-0.25, -0.2) is 4.99 Å². The Labute approximate surface area is 190 Å². The fraction of sp³-hybridized carbons (Fsp3) is 0.360. The summed E-state index contributed by atoms with van der Waals surface area (Å²) in [6.07, 6.45) is 4.41. The minimum Gasteiger partial charge on any atom is -0.484 e. The van der Waals surface area contributed by atoms with E-state index in [1.54, 1.807) is 0 Å². The minimum atomic E-state index is -0.488. The number of piperazine rings is 1. The maximum absolute atomic E-state index is 10.9. The number of hydrogen-bond donors (Lipinski definition) is 2. The van der Waals surface area contributed by atoms with Crippen LogP contribution in [0.3, 0.4) is 0 Å². The Hall–Kier alpha value is -3.32. The molecule has 32 heavy (non-hydrogen) atoms. The highest BCUT2D eigenvalue weighted by atomic mass is 16.5. The number of carbonyl (C=O) groups excluding carboxylic acids is 1. The Morgan fingerprint density at radius 3 is 2.62 bits per heavy atom. The SMILES string of the molecule is CCNC(=NCc1cccc(OCC(N)=O)c1)N1CCN(C/C=C/c2ccccc2)CC1. The highest BCUT2D eigenvalue weighted by Crippen LogP contribution is 2.14. The van der Waals surface area contributed by atoms with Crippen LogP contribution in [0.5, 0.6) is 5.75 Å². The maximum Gasteiger partial charge on any atom is 0.255 e. The molecule has 0 bridgehead atoms. The molecule has 1 heterocycles. The molecule has 0 atom stereocenters. The number of carbonyl (C=O) groups is 1. The van der Waals surface area contributed by atoms with Crippen molar-refractivity contribution in [2.45, 2.75) is 13.5 Å². The quantitative estimate of drug-likeness (QED) is 0.467. The van der Waals surface area contributed by atoms with Gasteiger partial charge in [-0.1, -0.05) is 54.6 Å². The molecule has 0 aliphatic carbocycles. The van der Waals surface area contributed by atoms with Crippen LogP contribution >= 0.6 is 0 Å². The highest BCUT2D eigenvalue weighted by molar-refractivity contribution is 5.80. The number of benzene rings is 2. The number of nitrogens with one attached hydrogen (secondary N) is 1. The number of guanidine groups is 1. The van der Waals surface area contributed by atoms with Crippen LogP contribution in [0, 0.1) is 0 Å². The average Bonchev–Trinajstić information content (AvgIpc) is 2.82. The summed E-state index contributed by atoms with van der Waals surface area (Å²) in [5, 5.41) is 3.41. The molecule has 1 amide bonds. The van der Waals surface area contributed by atoms with Crippen molar-refractivity contribution in [2.75, 3.05) is 45.9 Å². The van der Waals surface area contributed by atoms with E-state index in [0.29, 0.717) is 12.3 Å². The predicted molar refractivity (Wildman–Crippen MR) is 129 cm³/mol. The summed E-state index contributed by atoms with van der Waals surface area (Å²) < 4.78 is 5.39. The molecular formula is C25H33N5O2. The summed E-state index contributed by atoms with van der Waals surface area (Å²) in [6, 6.07) is 18.0. The third-order valence-electron chi connectivity index (χ3n) is 5.17. The molecule has 0 spiro atoms. The lowest BCUT2D eigenvalue weighted by molar-refractivity contribution is -0.119. The van der Waals surface area contributed by atoms with Gasteiger partial charge >= 0.3 is 0 Å². The number of amides is 1. The van der Waals surface area contributed by atoms with Crippen LogP contribution in [0.2, 0.25) is 0 Å². The number of ether oxygens (including phenoxy) is 1. The molecule has 2 aromatic rings. The van der Waals surface area contributed by atoms with Crippen molar-refractivity contribution < 1.29 is 9.53 Å². The maximum atomic E-state index is 10.9. The van der Waals surface area contributed by atoms with E-state index in [1.165, 1.54) is 5.56 Å². The second-order valence-corrected chi connectivity index (χ2v) is 7.67. The summed E-state index contributed by atoms with van der Waals surface area (Å²) >= 11 is 0. The highest BCUT2D eigenvalue weighted by Gasteiger charge is 2.18. The van der Waals surface area contributed by atoms with Crippen LogP contribution < -0.4 is 15.8 Å². The Kier molecular flexibility index (Phi) is 9.13. The van der Waals surface area contributed by atoms with E-state index in [9.17, 15) is 4.79 Å². The number of nitrogens with two attached hydrogens (primary N) is 1. The van der Waals surface area contributed by atoms with Gasteiger partial charge in [-0.15, -0.1) is 0 Å². The van der Waals surface area contributed by atoms with Crippen molar-refractivity contribution in [3.05, 3.63) is 71.8 Å². The largest absolute Gasteiger partial charge is 0.484 e. The molecule has 0 radical (unpaired) electrons. The van der Waals surface area contributed by atoms with Gasteiger partial charge in [0.05, 0.1) is 6.54 Å². The molecule has 3 rings (SSSR count). The molecule has 1 saturated heterocycles. The molecule has 7 nitrogen and oxygen atoms in total. The second-order valence-electron chi connectivity index (χ2n) is 7.67. The topological polar surface area (TPSA) is 83.2 Å². The van der Waals surface area contributed by atoms with E-state index in [1.807, 2.05) is 30.3 Å². The van der Waals surface area contributed by atoms with E-state index in [-0.39, 0.29) is 6.61 Å². The van der Waals surface area contributed by atoms with Crippen LogP contribution in [0.1, 0.15) is 18.1 Å². The molecular weight excluding hydrogens is 402 g/mol. The summed E-state index contributed by atoms with van der Waals surface area (Å²) in [5.41, 5.74) is 7.40. The van der Waals surface area contributed by atoms with Gasteiger partial charge in [-0.3, -0.25) is 9.69 Å². The summed E-state index contributed by atoms with van der Waals surface area (Å²) in [4.78, 5) is 20.5. The summed E-state index contributed by atoms with van der Waals surface area (Å²) in [6.45, 7) is 8.14. The van der Waals surface area contributed by atoms with Crippen LogP contribution in [0.15, 0.2) is 65.7 Å². The van der Waals surface area contributed by atoms with Gasteiger partial charge in [0.1, 0.15) is 5.75 Å². The van der Waals surface area contributed by atoms with Gasteiger partial charge in [0.25, 0.3) is 5.91 Å². The molecule has 2 aromatic carbocycles. The van der Waals surface area contributed by atoms with E-state index >= 15 is 0 Å². The first kappa shape index (κ1) is 23.3. The molecule has 1 fully saturated rings. The third kappa shape index (κ3) is 7.74. The second kappa shape index (κ2) is 12.5. The van der Waals surface area contributed by atoms with Crippen molar-refractivity contribution in [3.63, 3.8) is 0 Å².